The topological polar surface area (TPSA) is 41.1 Å². The van der Waals surface area contributed by atoms with Gasteiger partial charge in [-0.05, 0) is 30.5 Å². The van der Waals surface area contributed by atoms with Crippen molar-refractivity contribution in [2.24, 2.45) is 5.92 Å². The van der Waals surface area contributed by atoms with Gasteiger partial charge < -0.3 is 10.6 Å². The molecule has 1 aliphatic carbocycles. The fourth-order valence-electron chi connectivity index (χ4n) is 2.15. The third kappa shape index (κ3) is 3.18. The molecule has 1 atom stereocenters. The van der Waals surface area contributed by atoms with Crippen LogP contribution in [0.1, 0.15) is 24.6 Å². The van der Waals surface area contributed by atoms with Crippen molar-refractivity contribution in [3.63, 3.8) is 0 Å². The Morgan fingerprint density at radius 2 is 1.55 bits per heavy atom. The number of hydrogen-bond acceptors (Lipinski definition) is 2. The number of anilines is 1. The summed E-state index contributed by atoms with van der Waals surface area (Å²) in [6.07, 6.45) is 1.84. The van der Waals surface area contributed by atoms with E-state index in [-0.39, 0.29) is 18.0 Å². The number of carbonyl (C=O) groups is 1. The van der Waals surface area contributed by atoms with Crippen molar-refractivity contribution in [3.8, 4) is 0 Å². The van der Waals surface area contributed by atoms with E-state index in [1.807, 2.05) is 60.7 Å². The van der Waals surface area contributed by atoms with Gasteiger partial charge in [0.25, 0.3) is 0 Å². The summed E-state index contributed by atoms with van der Waals surface area (Å²) < 4.78 is 0. The molecule has 0 aromatic heterocycles. The lowest BCUT2D eigenvalue weighted by molar-refractivity contribution is -0.122. The largest absolute Gasteiger partial charge is 0.362 e. The quantitative estimate of drug-likeness (QED) is 0.815. The van der Waals surface area contributed by atoms with Crippen molar-refractivity contribution in [2.45, 2.75) is 19.0 Å². The molecule has 3 heteroatoms. The Morgan fingerprint density at radius 1 is 0.950 bits per heavy atom. The van der Waals surface area contributed by atoms with Crippen LogP contribution in [0.2, 0.25) is 0 Å². The van der Waals surface area contributed by atoms with Gasteiger partial charge in [0.15, 0.2) is 0 Å². The molecule has 2 N–H and O–H groups in total. The highest BCUT2D eigenvalue weighted by Gasteiger charge is 2.31. The summed E-state index contributed by atoms with van der Waals surface area (Å²) in [6.45, 7) is 0. The first-order chi connectivity index (χ1) is 9.83. The first-order valence-electron chi connectivity index (χ1n) is 7.00. The van der Waals surface area contributed by atoms with Crippen LogP contribution in [0.3, 0.4) is 0 Å². The molecular formula is C17H18N2O. The average Bonchev–Trinajstić information content (AvgIpc) is 3.33. The van der Waals surface area contributed by atoms with E-state index in [1.54, 1.807) is 0 Å². The highest BCUT2D eigenvalue weighted by atomic mass is 16.2. The summed E-state index contributed by atoms with van der Waals surface area (Å²) in [4.78, 5) is 12.0. The van der Waals surface area contributed by atoms with E-state index in [4.69, 9.17) is 0 Å². The van der Waals surface area contributed by atoms with Crippen molar-refractivity contribution >= 4 is 11.6 Å². The average molecular weight is 266 g/mol. The van der Waals surface area contributed by atoms with Crippen LogP contribution in [0.15, 0.2) is 60.7 Å². The molecule has 3 nitrogen and oxygen atoms in total. The van der Waals surface area contributed by atoms with Gasteiger partial charge >= 0.3 is 0 Å². The second-order valence-corrected chi connectivity index (χ2v) is 5.14. The number of rotatable bonds is 5. The van der Waals surface area contributed by atoms with Crippen molar-refractivity contribution in [1.29, 1.82) is 0 Å². The summed E-state index contributed by atoms with van der Waals surface area (Å²) in [5.74, 6) is 0.348. The zero-order valence-electron chi connectivity index (χ0n) is 11.3. The monoisotopic (exact) mass is 266 g/mol. The lowest BCUT2D eigenvalue weighted by atomic mass is 10.1. The van der Waals surface area contributed by atoms with Gasteiger partial charge in [-0.25, -0.2) is 0 Å². The Hall–Kier alpha value is -2.29. The van der Waals surface area contributed by atoms with Crippen molar-refractivity contribution in [3.05, 3.63) is 66.2 Å². The summed E-state index contributed by atoms with van der Waals surface area (Å²) in [6, 6.07) is 19.9. The zero-order chi connectivity index (χ0) is 13.8. The van der Waals surface area contributed by atoms with Crippen LogP contribution in [0, 0.1) is 5.92 Å². The maximum absolute atomic E-state index is 12.0. The standard InChI is InChI=1S/C17H18N2O/c20-17(14-11-12-14)19-16(13-7-3-1-4-8-13)18-15-9-5-2-6-10-15/h1-10,14,16,18H,11-12H2,(H,19,20). The van der Waals surface area contributed by atoms with Crippen LogP contribution in [-0.4, -0.2) is 5.91 Å². The molecule has 1 saturated carbocycles. The lowest BCUT2D eigenvalue weighted by Gasteiger charge is -2.22. The Balaban J connectivity index is 1.77. The molecule has 20 heavy (non-hydrogen) atoms. The maximum atomic E-state index is 12.0. The number of hydrogen-bond donors (Lipinski definition) is 2. The van der Waals surface area contributed by atoms with Crippen LogP contribution in [-0.2, 0) is 4.79 Å². The molecule has 2 aromatic carbocycles. The Morgan fingerprint density at radius 3 is 2.15 bits per heavy atom. The van der Waals surface area contributed by atoms with Crippen LogP contribution in [0.5, 0.6) is 0 Å². The van der Waals surface area contributed by atoms with Gasteiger partial charge in [-0.3, -0.25) is 4.79 Å². The predicted octanol–water partition coefficient (Wildman–Crippen LogP) is 3.32. The number of benzene rings is 2. The lowest BCUT2D eigenvalue weighted by Crippen LogP contribution is -2.34. The fourth-order valence-corrected chi connectivity index (χ4v) is 2.15. The van der Waals surface area contributed by atoms with E-state index >= 15 is 0 Å². The Bertz CT molecular complexity index is 564. The number of para-hydroxylation sites is 1. The molecule has 1 amide bonds. The molecule has 0 bridgehead atoms. The van der Waals surface area contributed by atoms with E-state index in [0.717, 1.165) is 24.1 Å². The normalized spacial score (nSPS) is 15.4. The highest BCUT2D eigenvalue weighted by Crippen LogP contribution is 2.30. The summed E-state index contributed by atoms with van der Waals surface area (Å²) in [5, 5.41) is 6.47. The van der Waals surface area contributed by atoms with E-state index < -0.39 is 0 Å². The van der Waals surface area contributed by atoms with Gasteiger partial charge in [0.1, 0.15) is 6.17 Å². The first kappa shape index (κ1) is 12.7. The molecule has 0 spiro atoms. The minimum Gasteiger partial charge on any atom is -0.362 e. The second kappa shape index (κ2) is 5.78. The maximum Gasteiger partial charge on any atom is 0.224 e. The molecule has 102 valence electrons. The summed E-state index contributed by atoms with van der Waals surface area (Å²) in [7, 11) is 0. The molecule has 1 aliphatic rings. The molecule has 0 heterocycles. The third-order valence-corrected chi connectivity index (χ3v) is 3.45. The molecule has 0 aliphatic heterocycles. The molecule has 0 radical (unpaired) electrons. The van der Waals surface area contributed by atoms with Gasteiger partial charge in [-0.1, -0.05) is 48.5 Å². The number of amides is 1. The van der Waals surface area contributed by atoms with E-state index in [9.17, 15) is 4.79 Å². The van der Waals surface area contributed by atoms with Crippen LogP contribution >= 0.6 is 0 Å². The minimum absolute atomic E-state index is 0.141. The van der Waals surface area contributed by atoms with Gasteiger partial charge in [0.05, 0.1) is 0 Å². The molecule has 1 fully saturated rings. The molecule has 3 rings (SSSR count). The van der Waals surface area contributed by atoms with Crippen LogP contribution in [0.25, 0.3) is 0 Å². The van der Waals surface area contributed by atoms with Crippen LogP contribution in [0.4, 0.5) is 5.69 Å². The van der Waals surface area contributed by atoms with E-state index in [1.165, 1.54) is 0 Å². The Kier molecular flexibility index (Phi) is 3.68. The van der Waals surface area contributed by atoms with Crippen LogP contribution < -0.4 is 10.6 Å². The molecule has 1 unspecified atom stereocenters. The van der Waals surface area contributed by atoms with Crippen molar-refractivity contribution in [2.75, 3.05) is 5.32 Å². The second-order valence-electron chi connectivity index (χ2n) is 5.14. The number of carbonyl (C=O) groups excluding carboxylic acids is 1. The van der Waals surface area contributed by atoms with Crippen molar-refractivity contribution < 1.29 is 4.79 Å². The molecule has 2 aromatic rings. The van der Waals surface area contributed by atoms with Crippen molar-refractivity contribution in [1.82, 2.24) is 5.32 Å². The number of nitrogens with one attached hydrogen (secondary N) is 2. The van der Waals surface area contributed by atoms with Gasteiger partial charge in [-0.2, -0.15) is 0 Å². The SMILES string of the molecule is O=C(NC(Nc1ccccc1)c1ccccc1)C1CC1. The molecule has 0 saturated heterocycles. The molecular weight excluding hydrogens is 248 g/mol. The van der Waals surface area contributed by atoms with E-state index in [2.05, 4.69) is 10.6 Å². The summed E-state index contributed by atoms with van der Waals surface area (Å²) >= 11 is 0. The minimum atomic E-state index is -0.188. The first-order valence-corrected chi connectivity index (χ1v) is 7.00. The highest BCUT2D eigenvalue weighted by molar-refractivity contribution is 5.81. The Labute approximate surface area is 119 Å². The van der Waals surface area contributed by atoms with Gasteiger partial charge in [-0.15, -0.1) is 0 Å². The van der Waals surface area contributed by atoms with E-state index in [0.29, 0.717) is 0 Å². The van der Waals surface area contributed by atoms with Gasteiger partial charge in [0.2, 0.25) is 5.91 Å². The summed E-state index contributed by atoms with van der Waals surface area (Å²) in [5.41, 5.74) is 2.06. The predicted molar refractivity (Wildman–Crippen MR) is 80.1 cm³/mol. The fraction of sp³-hybridized carbons (Fsp3) is 0.235. The smallest absolute Gasteiger partial charge is 0.224 e. The van der Waals surface area contributed by atoms with Gasteiger partial charge in [0, 0.05) is 11.6 Å². The third-order valence-electron chi connectivity index (χ3n) is 3.45. The zero-order valence-corrected chi connectivity index (χ0v) is 11.3.